The van der Waals surface area contributed by atoms with Gasteiger partial charge in [-0.3, -0.25) is 0 Å². The topological polar surface area (TPSA) is 26.0 Å². The van der Waals surface area contributed by atoms with Gasteiger partial charge in [0.1, 0.15) is 0 Å². The first-order chi connectivity index (χ1) is 8.79. The van der Waals surface area contributed by atoms with Crippen molar-refractivity contribution in [3.63, 3.8) is 0 Å². The van der Waals surface area contributed by atoms with Gasteiger partial charge in [-0.2, -0.15) is 0 Å². The fourth-order valence-corrected chi connectivity index (χ4v) is 2.73. The molecular weight excluding hydrogens is 277 g/mol. The Hall–Kier alpha value is -1.02. The highest BCUT2D eigenvalue weighted by molar-refractivity contribution is 6.30. The molecule has 2 N–H and O–H groups in total. The summed E-state index contributed by atoms with van der Waals surface area (Å²) in [7, 11) is 0. The normalized spacial score (nSPS) is 20.7. The third-order valence-corrected chi connectivity index (χ3v) is 3.99. The van der Waals surface area contributed by atoms with Crippen molar-refractivity contribution in [3.05, 3.63) is 59.1 Å². The van der Waals surface area contributed by atoms with Crippen molar-refractivity contribution < 1.29 is 0 Å². The fraction of sp³-hybridized carbons (Fsp3) is 0.250. The monoisotopic (exact) mass is 293 g/mol. The lowest BCUT2D eigenvalue weighted by Crippen LogP contribution is -2.02. The molecule has 2 aromatic rings. The highest BCUT2D eigenvalue weighted by Crippen LogP contribution is 2.49. The third kappa shape index (κ3) is 2.94. The van der Waals surface area contributed by atoms with Crippen LogP contribution in [0.2, 0.25) is 5.02 Å². The van der Waals surface area contributed by atoms with Gasteiger partial charge in [-0.15, -0.1) is 12.4 Å². The van der Waals surface area contributed by atoms with Gasteiger partial charge in [0.15, 0.2) is 0 Å². The van der Waals surface area contributed by atoms with Crippen LogP contribution in [0, 0.1) is 5.92 Å². The minimum atomic E-state index is 0. The van der Waals surface area contributed by atoms with Crippen LogP contribution >= 0.6 is 24.0 Å². The van der Waals surface area contributed by atoms with Crippen molar-refractivity contribution >= 4 is 24.0 Å². The average molecular weight is 294 g/mol. The molecule has 0 bridgehead atoms. The molecule has 3 heteroatoms. The number of rotatable bonds is 3. The minimum absolute atomic E-state index is 0. The molecular formula is C16H17Cl2N. The molecule has 0 spiro atoms. The minimum Gasteiger partial charge on any atom is -0.330 e. The lowest BCUT2D eigenvalue weighted by atomic mass is 9.96. The summed E-state index contributed by atoms with van der Waals surface area (Å²) in [6.45, 7) is 0.791. The lowest BCUT2D eigenvalue weighted by Gasteiger charge is -2.09. The Morgan fingerprint density at radius 2 is 1.74 bits per heavy atom. The molecule has 1 aliphatic rings. The van der Waals surface area contributed by atoms with Gasteiger partial charge in [0, 0.05) is 5.02 Å². The maximum Gasteiger partial charge on any atom is 0.0406 e. The van der Waals surface area contributed by atoms with E-state index in [0.717, 1.165) is 11.6 Å². The Morgan fingerprint density at radius 3 is 2.37 bits per heavy atom. The second-order valence-electron chi connectivity index (χ2n) is 4.93. The zero-order valence-electron chi connectivity index (χ0n) is 10.6. The van der Waals surface area contributed by atoms with Gasteiger partial charge < -0.3 is 5.73 Å². The fourth-order valence-electron chi connectivity index (χ4n) is 2.60. The van der Waals surface area contributed by atoms with Crippen LogP contribution in [0.4, 0.5) is 0 Å². The van der Waals surface area contributed by atoms with E-state index >= 15 is 0 Å². The Morgan fingerprint density at radius 1 is 1.05 bits per heavy atom. The van der Waals surface area contributed by atoms with Crippen LogP contribution in [0.5, 0.6) is 0 Å². The molecule has 0 aromatic heterocycles. The van der Waals surface area contributed by atoms with Gasteiger partial charge in [0.25, 0.3) is 0 Å². The number of nitrogens with two attached hydrogens (primary N) is 1. The highest BCUT2D eigenvalue weighted by atomic mass is 35.5. The largest absolute Gasteiger partial charge is 0.330 e. The number of hydrogen-bond donors (Lipinski definition) is 1. The number of hydrogen-bond acceptors (Lipinski definition) is 1. The molecule has 0 saturated heterocycles. The van der Waals surface area contributed by atoms with E-state index in [2.05, 4.69) is 36.4 Å². The van der Waals surface area contributed by atoms with E-state index in [9.17, 15) is 0 Å². The van der Waals surface area contributed by atoms with E-state index in [4.69, 9.17) is 17.3 Å². The predicted octanol–water partition coefficient (Wildman–Crippen LogP) is 4.49. The molecule has 3 rings (SSSR count). The van der Waals surface area contributed by atoms with Gasteiger partial charge in [0.05, 0.1) is 0 Å². The van der Waals surface area contributed by atoms with E-state index < -0.39 is 0 Å². The summed E-state index contributed by atoms with van der Waals surface area (Å²) < 4.78 is 0. The summed E-state index contributed by atoms with van der Waals surface area (Å²) in [4.78, 5) is 0. The molecule has 2 atom stereocenters. The molecule has 1 saturated carbocycles. The zero-order valence-corrected chi connectivity index (χ0v) is 12.1. The molecule has 2 aromatic carbocycles. The molecule has 0 radical (unpaired) electrons. The molecule has 100 valence electrons. The molecule has 0 amide bonds. The van der Waals surface area contributed by atoms with Gasteiger partial charge in [0.2, 0.25) is 0 Å². The van der Waals surface area contributed by atoms with Gasteiger partial charge in [-0.05, 0) is 53.6 Å². The van der Waals surface area contributed by atoms with Crippen molar-refractivity contribution in [2.24, 2.45) is 11.7 Å². The standard InChI is InChI=1S/C16H16ClN.ClH/c17-13-7-5-11(6-8-13)14-3-1-2-4-15(14)16-9-12(16)10-18;/h1-8,12,16H,9-10,18H2;1H. The van der Waals surface area contributed by atoms with Gasteiger partial charge in [-0.25, -0.2) is 0 Å². The summed E-state index contributed by atoms with van der Waals surface area (Å²) in [5.41, 5.74) is 9.73. The van der Waals surface area contributed by atoms with Crippen LogP contribution in [0.15, 0.2) is 48.5 Å². The van der Waals surface area contributed by atoms with Crippen molar-refractivity contribution in [1.82, 2.24) is 0 Å². The smallest absolute Gasteiger partial charge is 0.0406 e. The van der Waals surface area contributed by atoms with Crippen LogP contribution < -0.4 is 5.73 Å². The van der Waals surface area contributed by atoms with Crippen LogP contribution in [-0.4, -0.2) is 6.54 Å². The van der Waals surface area contributed by atoms with E-state index in [1.165, 1.54) is 23.1 Å². The van der Waals surface area contributed by atoms with E-state index in [-0.39, 0.29) is 12.4 Å². The first-order valence-electron chi connectivity index (χ1n) is 6.34. The SMILES string of the molecule is Cl.NCC1CC1c1ccccc1-c1ccc(Cl)cc1. The molecule has 1 nitrogen and oxygen atoms in total. The van der Waals surface area contributed by atoms with Crippen molar-refractivity contribution in [3.8, 4) is 11.1 Å². The number of halogens is 2. The van der Waals surface area contributed by atoms with Crippen LogP contribution in [-0.2, 0) is 0 Å². The summed E-state index contributed by atoms with van der Waals surface area (Å²) in [6, 6.07) is 16.7. The summed E-state index contributed by atoms with van der Waals surface area (Å²) in [5.74, 6) is 1.31. The summed E-state index contributed by atoms with van der Waals surface area (Å²) in [6.07, 6.45) is 1.22. The maximum atomic E-state index is 5.94. The van der Waals surface area contributed by atoms with E-state index in [1.54, 1.807) is 0 Å². The van der Waals surface area contributed by atoms with Gasteiger partial charge >= 0.3 is 0 Å². The first kappa shape index (κ1) is 14.4. The lowest BCUT2D eigenvalue weighted by molar-refractivity contribution is 0.810. The third-order valence-electron chi connectivity index (χ3n) is 3.74. The van der Waals surface area contributed by atoms with Crippen LogP contribution in [0.25, 0.3) is 11.1 Å². The molecule has 1 fully saturated rings. The zero-order chi connectivity index (χ0) is 12.5. The van der Waals surface area contributed by atoms with Crippen molar-refractivity contribution in [1.29, 1.82) is 0 Å². The molecule has 0 heterocycles. The van der Waals surface area contributed by atoms with Gasteiger partial charge in [-0.1, -0.05) is 48.0 Å². The predicted molar refractivity (Wildman–Crippen MR) is 84.0 cm³/mol. The first-order valence-corrected chi connectivity index (χ1v) is 6.72. The van der Waals surface area contributed by atoms with Crippen LogP contribution in [0.3, 0.4) is 0 Å². The molecule has 0 aliphatic heterocycles. The summed E-state index contributed by atoms with van der Waals surface area (Å²) in [5, 5.41) is 0.780. The molecule has 1 aliphatic carbocycles. The number of benzene rings is 2. The Kier molecular flexibility index (Phi) is 4.51. The van der Waals surface area contributed by atoms with E-state index in [1.807, 2.05) is 12.1 Å². The van der Waals surface area contributed by atoms with Crippen molar-refractivity contribution in [2.45, 2.75) is 12.3 Å². The molecule has 19 heavy (non-hydrogen) atoms. The van der Waals surface area contributed by atoms with Crippen molar-refractivity contribution in [2.75, 3.05) is 6.54 Å². The Bertz CT molecular complexity index is 551. The van der Waals surface area contributed by atoms with Crippen LogP contribution in [0.1, 0.15) is 17.9 Å². The second kappa shape index (κ2) is 5.96. The Balaban J connectivity index is 0.00000133. The summed E-state index contributed by atoms with van der Waals surface area (Å²) >= 11 is 5.94. The second-order valence-corrected chi connectivity index (χ2v) is 5.37. The molecule has 2 unspecified atom stereocenters. The quantitative estimate of drug-likeness (QED) is 0.886. The Labute approximate surface area is 125 Å². The van der Waals surface area contributed by atoms with E-state index in [0.29, 0.717) is 11.8 Å². The highest BCUT2D eigenvalue weighted by Gasteiger charge is 2.38. The maximum absolute atomic E-state index is 5.94. The average Bonchev–Trinajstić information content (AvgIpc) is 3.19.